The molecule has 2 aromatic rings. The van der Waals surface area contributed by atoms with E-state index in [0.29, 0.717) is 39.1 Å². The molecule has 3 rings (SSSR count). The van der Waals surface area contributed by atoms with Gasteiger partial charge in [0, 0.05) is 37.5 Å². The fourth-order valence-electron chi connectivity index (χ4n) is 3.07. The SMILES string of the molecule is CCNS(=O)(=O)C1CCN(C(=NCc2cccs2)NCCc2ccco2)C1. The molecule has 1 aliphatic heterocycles. The maximum atomic E-state index is 12.3. The van der Waals surface area contributed by atoms with Crippen LogP contribution in [0.15, 0.2) is 45.3 Å². The third-order valence-corrected chi connectivity index (χ3v) is 7.24. The average Bonchev–Trinajstić information content (AvgIpc) is 3.40. The lowest BCUT2D eigenvalue weighted by molar-refractivity contribution is 0.478. The highest BCUT2D eigenvalue weighted by atomic mass is 32.2. The van der Waals surface area contributed by atoms with Crippen molar-refractivity contribution in [2.24, 2.45) is 4.99 Å². The summed E-state index contributed by atoms with van der Waals surface area (Å²) in [6, 6.07) is 7.88. The summed E-state index contributed by atoms with van der Waals surface area (Å²) < 4.78 is 32.6. The molecule has 0 aromatic carbocycles. The van der Waals surface area contributed by atoms with Crippen LogP contribution >= 0.6 is 11.3 Å². The van der Waals surface area contributed by atoms with E-state index in [9.17, 15) is 8.42 Å². The number of furan rings is 1. The molecule has 0 spiro atoms. The Balaban J connectivity index is 1.64. The van der Waals surface area contributed by atoms with E-state index in [4.69, 9.17) is 9.41 Å². The molecule has 1 atom stereocenters. The molecule has 2 N–H and O–H groups in total. The summed E-state index contributed by atoms with van der Waals surface area (Å²) in [5, 5.41) is 5.00. The van der Waals surface area contributed by atoms with Gasteiger partial charge >= 0.3 is 0 Å². The maximum absolute atomic E-state index is 12.3. The van der Waals surface area contributed by atoms with E-state index in [0.717, 1.165) is 18.1 Å². The molecule has 0 radical (unpaired) electrons. The molecule has 1 unspecified atom stereocenters. The molecular weight excluding hydrogens is 384 g/mol. The van der Waals surface area contributed by atoms with Gasteiger partial charge in [0.15, 0.2) is 5.96 Å². The van der Waals surface area contributed by atoms with Crippen LogP contribution in [0.5, 0.6) is 0 Å². The summed E-state index contributed by atoms with van der Waals surface area (Å²) >= 11 is 1.67. The lowest BCUT2D eigenvalue weighted by atomic mass is 10.3. The van der Waals surface area contributed by atoms with Crippen molar-refractivity contribution >= 4 is 27.3 Å². The zero-order valence-electron chi connectivity index (χ0n) is 15.4. The molecule has 2 aromatic heterocycles. The molecule has 1 saturated heterocycles. The third kappa shape index (κ3) is 5.57. The number of hydrogen-bond acceptors (Lipinski definition) is 5. The Bertz CT molecular complexity index is 817. The van der Waals surface area contributed by atoms with Crippen LogP contribution in [-0.4, -0.2) is 50.7 Å². The number of guanidine groups is 1. The Morgan fingerprint density at radius 3 is 3.00 bits per heavy atom. The summed E-state index contributed by atoms with van der Waals surface area (Å²) in [6.07, 6.45) is 3.02. The number of aliphatic imine (C=N–C) groups is 1. The number of hydrogen-bond donors (Lipinski definition) is 2. The number of nitrogens with zero attached hydrogens (tertiary/aromatic N) is 2. The van der Waals surface area contributed by atoms with Crippen LogP contribution in [0.25, 0.3) is 0 Å². The molecule has 148 valence electrons. The Hall–Kier alpha value is -1.84. The van der Waals surface area contributed by atoms with Crippen molar-refractivity contribution in [3.8, 4) is 0 Å². The second-order valence-corrected chi connectivity index (χ2v) is 9.45. The van der Waals surface area contributed by atoms with Gasteiger partial charge in [-0.25, -0.2) is 18.1 Å². The van der Waals surface area contributed by atoms with Gasteiger partial charge in [0.2, 0.25) is 10.0 Å². The Labute approximate surface area is 164 Å². The van der Waals surface area contributed by atoms with Crippen molar-refractivity contribution in [2.45, 2.75) is 31.6 Å². The Morgan fingerprint density at radius 1 is 1.41 bits per heavy atom. The summed E-state index contributed by atoms with van der Waals surface area (Å²) in [6.45, 7) is 4.60. The highest BCUT2D eigenvalue weighted by Crippen LogP contribution is 2.17. The molecule has 0 saturated carbocycles. The summed E-state index contributed by atoms with van der Waals surface area (Å²) in [5.74, 6) is 1.67. The number of sulfonamides is 1. The third-order valence-electron chi connectivity index (χ3n) is 4.43. The minimum atomic E-state index is -3.28. The Morgan fingerprint density at radius 2 is 2.30 bits per heavy atom. The fraction of sp³-hybridized carbons (Fsp3) is 0.500. The highest BCUT2D eigenvalue weighted by molar-refractivity contribution is 7.90. The lowest BCUT2D eigenvalue weighted by Gasteiger charge is -2.22. The van der Waals surface area contributed by atoms with Gasteiger partial charge in [0.05, 0.1) is 18.1 Å². The topological polar surface area (TPSA) is 86.9 Å². The standard InChI is InChI=1S/C18H26N4O3S2/c1-2-21-27(23,24)17-8-10-22(14-17)18(20-13-16-6-4-12-26-16)19-9-7-15-5-3-11-25-15/h3-6,11-12,17,21H,2,7-10,13-14H2,1H3,(H,19,20). The molecule has 0 amide bonds. The summed E-state index contributed by atoms with van der Waals surface area (Å²) in [4.78, 5) is 7.94. The van der Waals surface area contributed by atoms with Crippen molar-refractivity contribution in [1.82, 2.24) is 14.9 Å². The van der Waals surface area contributed by atoms with Gasteiger partial charge in [-0.05, 0) is 30.0 Å². The van der Waals surface area contributed by atoms with Gasteiger partial charge < -0.3 is 14.6 Å². The first-order chi connectivity index (χ1) is 13.1. The quantitative estimate of drug-likeness (QED) is 0.514. The molecule has 1 aliphatic rings. The molecule has 0 aliphatic carbocycles. The minimum Gasteiger partial charge on any atom is -0.469 e. The average molecular weight is 411 g/mol. The van der Waals surface area contributed by atoms with Gasteiger partial charge in [0.1, 0.15) is 5.76 Å². The minimum absolute atomic E-state index is 0.406. The van der Waals surface area contributed by atoms with Crippen molar-refractivity contribution in [3.05, 3.63) is 46.5 Å². The molecule has 3 heterocycles. The number of nitrogens with one attached hydrogen (secondary N) is 2. The van der Waals surface area contributed by atoms with Crippen LogP contribution in [0.2, 0.25) is 0 Å². The second kappa shape index (κ2) is 9.38. The molecule has 0 bridgehead atoms. The lowest BCUT2D eigenvalue weighted by Crippen LogP contribution is -2.43. The van der Waals surface area contributed by atoms with Gasteiger partial charge in [-0.1, -0.05) is 13.0 Å². The van der Waals surface area contributed by atoms with E-state index in [2.05, 4.69) is 16.1 Å². The smallest absolute Gasteiger partial charge is 0.216 e. The van der Waals surface area contributed by atoms with Crippen LogP contribution < -0.4 is 10.0 Å². The molecule has 9 heteroatoms. The predicted molar refractivity (Wildman–Crippen MR) is 108 cm³/mol. The first-order valence-corrected chi connectivity index (χ1v) is 11.6. The molecular formula is C18H26N4O3S2. The normalized spacial score (nSPS) is 18.2. The number of rotatable bonds is 8. The summed E-state index contributed by atoms with van der Waals surface area (Å²) in [7, 11) is -3.28. The van der Waals surface area contributed by atoms with Crippen LogP contribution in [0, 0.1) is 0 Å². The molecule has 1 fully saturated rings. The molecule has 27 heavy (non-hydrogen) atoms. The van der Waals surface area contributed by atoms with Crippen LogP contribution in [-0.2, 0) is 23.0 Å². The first kappa shape index (κ1) is 19.9. The number of thiophene rings is 1. The monoisotopic (exact) mass is 410 g/mol. The molecule has 7 nitrogen and oxygen atoms in total. The second-order valence-electron chi connectivity index (χ2n) is 6.37. The van der Waals surface area contributed by atoms with Gasteiger partial charge in [-0.3, -0.25) is 0 Å². The largest absolute Gasteiger partial charge is 0.469 e. The van der Waals surface area contributed by atoms with Gasteiger partial charge in [-0.15, -0.1) is 11.3 Å². The van der Waals surface area contributed by atoms with Crippen LogP contribution in [0.3, 0.4) is 0 Å². The van der Waals surface area contributed by atoms with E-state index in [1.165, 1.54) is 4.88 Å². The maximum Gasteiger partial charge on any atom is 0.216 e. The zero-order valence-corrected chi connectivity index (χ0v) is 17.1. The van der Waals surface area contributed by atoms with E-state index in [-0.39, 0.29) is 0 Å². The first-order valence-electron chi connectivity index (χ1n) is 9.15. The van der Waals surface area contributed by atoms with Gasteiger partial charge in [0.25, 0.3) is 0 Å². The van der Waals surface area contributed by atoms with Crippen LogP contribution in [0.4, 0.5) is 0 Å². The highest BCUT2D eigenvalue weighted by Gasteiger charge is 2.34. The number of likely N-dealkylation sites (tertiary alicyclic amines) is 1. The van der Waals surface area contributed by atoms with Crippen molar-refractivity contribution in [3.63, 3.8) is 0 Å². The van der Waals surface area contributed by atoms with E-state index >= 15 is 0 Å². The summed E-state index contributed by atoms with van der Waals surface area (Å²) in [5.41, 5.74) is 0. The van der Waals surface area contributed by atoms with Crippen molar-refractivity contribution < 1.29 is 12.8 Å². The fourth-order valence-corrected chi connectivity index (χ4v) is 5.13. The van der Waals surface area contributed by atoms with Gasteiger partial charge in [-0.2, -0.15) is 0 Å². The van der Waals surface area contributed by atoms with E-state index < -0.39 is 15.3 Å². The van der Waals surface area contributed by atoms with E-state index in [1.807, 2.05) is 28.5 Å². The van der Waals surface area contributed by atoms with Crippen molar-refractivity contribution in [2.75, 3.05) is 26.2 Å². The zero-order chi connectivity index (χ0) is 19.1. The predicted octanol–water partition coefficient (Wildman–Crippen LogP) is 2.04. The van der Waals surface area contributed by atoms with Crippen LogP contribution in [0.1, 0.15) is 24.0 Å². The Kier molecular flexibility index (Phi) is 6.92. The van der Waals surface area contributed by atoms with E-state index in [1.54, 1.807) is 24.5 Å². The van der Waals surface area contributed by atoms with Crippen molar-refractivity contribution in [1.29, 1.82) is 0 Å².